The molecule has 9 heteroatoms. The van der Waals surface area contributed by atoms with Crippen molar-refractivity contribution < 1.29 is 17.9 Å². The molecule has 1 amide bonds. The van der Waals surface area contributed by atoms with Crippen LogP contribution in [-0.4, -0.2) is 69.8 Å². The summed E-state index contributed by atoms with van der Waals surface area (Å²) in [5, 5.41) is 3.02. The summed E-state index contributed by atoms with van der Waals surface area (Å²) in [6, 6.07) is 0. The highest BCUT2D eigenvalue weighted by molar-refractivity contribution is 7.88. The van der Waals surface area contributed by atoms with Gasteiger partial charge >= 0.3 is 6.09 Å². The highest BCUT2D eigenvalue weighted by atomic mass is 32.2. The molecule has 0 fully saturated rings. The summed E-state index contributed by atoms with van der Waals surface area (Å²) < 4.78 is 29.5. The fourth-order valence-corrected chi connectivity index (χ4v) is 2.13. The summed E-state index contributed by atoms with van der Waals surface area (Å²) in [7, 11) is -3.19. The number of nitrogens with zero attached hydrogens (tertiary/aromatic N) is 2. The van der Waals surface area contributed by atoms with Crippen molar-refractivity contribution in [2.45, 2.75) is 26.4 Å². The Balaban J connectivity index is 2.38. The summed E-state index contributed by atoms with van der Waals surface area (Å²) in [5.41, 5.74) is -0.529. The Morgan fingerprint density at radius 3 is 2.62 bits per heavy atom. The van der Waals surface area contributed by atoms with Gasteiger partial charge in [-0.3, -0.25) is 9.89 Å². The number of aliphatic imine (C=N–C) groups is 1. The summed E-state index contributed by atoms with van der Waals surface area (Å²) in [4.78, 5) is 17.8. The van der Waals surface area contributed by atoms with Crippen LogP contribution >= 0.6 is 0 Å². The van der Waals surface area contributed by atoms with Gasteiger partial charge in [-0.25, -0.2) is 17.9 Å². The number of ether oxygens (including phenoxy) is 1. The molecule has 0 radical (unpaired) electrons. The van der Waals surface area contributed by atoms with Gasteiger partial charge in [0, 0.05) is 19.6 Å². The first-order valence-corrected chi connectivity index (χ1v) is 8.66. The third-order valence-electron chi connectivity index (χ3n) is 2.48. The first-order valence-electron chi connectivity index (χ1n) is 6.76. The SMILES string of the molecule is CC(C)(C)OC(=O)N1CCN=C(NCCNS(C)(=O)=O)C1. The monoisotopic (exact) mass is 320 g/mol. The van der Waals surface area contributed by atoms with Crippen molar-refractivity contribution in [3.8, 4) is 0 Å². The minimum absolute atomic E-state index is 0.268. The zero-order chi connectivity index (χ0) is 16.1. The van der Waals surface area contributed by atoms with E-state index in [0.29, 0.717) is 32.0 Å². The smallest absolute Gasteiger partial charge is 0.410 e. The Morgan fingerprint density at radius 2 is 2.05 bits per heavy atom. The number of sulfonamides is 1. The van der Waals surface area contributed by atoms with E-state index < -0.39 is 15.6 Å². The predicted molar refractivity (Wildman–Crippen MR) is 81.0 cm³/mol. The number of amidine groups is 1. The summed E-state index contributed by atoms with van der Waals surface area (Å²) in [6.45, 7) is 7.49. The molecular weight excluding hydrogens is 296 g/mol. The van der Waals surface area contributed by atoms with Gasteiger partial charge in [0.15, 0.2) is 0 Å². The standard InChI is InChI=1S/C12H24N4O4S/c1-12(2,3)20-11(17)16-8-7-14-10(9-16)13-5-6-15-21(4,18)19/h15H,5-9H2,1-4H3,(H,13,14). The Bertz CT molecular complexity index is 496. The van der Waals surface area contributed by atoms with Crippen molar-refractivity contribution in [3.05, 3.63) is 0 Å². The molecule has 1 heterocycles. The van der Waals surface area contributed by atoms with E-state index in [2.05, 4.69) is 15.0 Å². The Morgan fingerprint density at radius 1 is 1.38 bits per heavy atom. The summed E-state index contributed by atoms with van der Waals surface area (Å²) >= 11 is 0. The highest BCUT2D eigenvalue weighted by Crippen LogP contribution is 2.10. The van der Waals surface area contributed by atoms with Crippen LogP contribution in [0.2, 0.25) is 0 Å². The van der Waals surface area contributed by atoms with Crippen LogP contribution < -0.4 is 10.0 Å². The van der Waals surface area contributed by atoms with E-state index in [-0.39, 0.29) is 12.6 Å². The van der Waals surface area contributed by atoms with Crippen molar-refractivity contribution in [3.63, 3.8) is 0 Å². The van der Waals surface area contributed by atoms with Crippen molar-refractivity contribution in [1.82, 2.24) is 14.9 Å². The van der Waals surface area contributed by atoms with Crippen LogP contribution in [0.25, 0.3) is 0 Å². The number of hydrogen-bond donors (Lipinski definition) is 2. The first kappa shape index (κ1) is 17.7. The van der Waals surface area contributed by atoms with Gasteiger partial charge < -0.3 is 10.1 Å². The molecule has 0 aromatic carbocycles. The molecule has 0 aromatic heterocycles. The summed E-state index contributed by atoms with van der Waals surface area (Å²) in [6.07, 6.45) is 0.737. The normalized spacial score (nSPS) is 16.4. The minimum atomic E-state index is -3.19. The molecule has 1 aliphatic heterocycles. The average Bonchev–Trinajstić information content (AvgIpc) is 2.32. The second kappa shape index (κ2) is 7.08. The highest BCUT2D eigenvalue weighted by Gasteiger charge is 2.24. The van der Waals surface area contributed by atoms with E-state index in [1.807, 2.05) is 20.8 Å². The Hall–Kier alpha value is -1.35. The maximum atomic E-state index is 11.9. The van der Waals surface area contributed by atoms with E-state index in [1.165, 1.54) is 0 Å². The molecule has 0 saturated heterocycles. The third kappa shape index (κ3) is 7.86. The van der Waals surface area contributed by atoms with Crippen LogP contribution in [0.3, 0.4) is 0 Å². The number of hydrogen-bond acceptors (Lipinski definition) is 6. The second-order valence-electron chi connectivity index (χ2n) is 5.82. The van der Waals surface area contributed by atoms with Crippen molar-refractivity contribution in [2.75, 3.05) is 39.0 Å². The van der Waals surface area contributed by atoms with Gasteiger partial charge in [-0.15, -0.1) is 0 Å². The number of carbonyl (C=O) groups excluding carboxylic acids is 1. The van der Waals surface area contributed by atoms with E-state index in [0.717, 1.165) is 6.26 Å². The van der Waals surface area contributed by atoms with E-state index in [1.54, 1.807) is 4.90 Å². The number of amides is 1. The molecule has 1 rings (SSSR count). The quantitative estimate of drug-likeness (QED) is 0.697. The lowest BCUT2D eigenvalue weighted by Gasteiger charge is -2.29. The zero-order valence-corrected chi connectivity index (χ0v) is 13.8. The average molecular weight is 320 g/mol. The van der Waals surface area contributed by atoms with Crippen LogP contribution in [0.4, 0.5) is 4.79 Å². The fraction of sp³-hybridized carbons (Fsp3) is 0.833. The molecule has 1 aliphatic rings. The van der Waals surface area contributed by atoms with Gasteiger partial charge in [0.05, 0.1) is 19.3 Å². The number of rotatable bonds is 4. The van der Waals surface area contributed by atoms with Crippen molar-refractivity contribution in [1.29, 1.82) is 0 Å². The topological polar surface area (TPSA) is 100 Å². The molecule has 0 bridgehead atoms. The minimum Gasteiger partial charge on any atom is -0.444 e. The van der Waals surface area contributed by atoms with Crippen LogP contribution in [0, 0.1) is 0 Å². The van der Waals surface area contributed by atoms with Gasteiger partial charge in [0.25, 0.3) is 0 Å². The number of nitrogens with one attached hydrogen (secondary N) is 2. The predicted octanol–water partition coefficient (Wildman–Crippen LogP) is -0.226. The summed E-state index contributed by atoms with van der Waals surface area (Å²) in [5.74, 6) is 0.655. The van der Waals surface area contributed by atoms with Crippen molar-refractivity contribution >= 4 is 22.0 Å². The lowest BCUT2D eigenvalue weighted by Crippen LogP contribution is -2.48. The van der Waals surface area contributed by atoms with Crippen LogP contribution in [0.1, 0.15) is 20.8 Å². The number of carbonyl (C=O) groups is 1. The second-order valence-corrected chi connectivity index (χ2v) is 7.66. The molecule has 0 aromatic rings. The fourth-order valence-electron chi connectivity index (χ4n) is 1.65. The molecule has 21 heavy (non-hydrogen) atoms. The first-order chi connectivity index (χ1) is 9.57. The Labute approximate surface area is 126 Å². The van der Waals surface area contributed by atoms with Gasteiger partial charge in [-0.1, -0.05) is 0 Å². The molecule has 0 atom stereocenters. The largest absolute Gasteiger partial charge is 0.444 e. The van der Waals surface area contributed by atoms with Gasteiger partial charge in [0.2, 0.25) is 10.0 Å². The van der Waals surface area contributed by atoms with Gasteiger partial charge in [0.1, 0.15) is 11.4 Å². The van der Waals surface area contributed by atoms with Crippen molar-refractivity contribution in [2.24, 2.45) is 4.99 Å². The molecule has 0 aliphatic carbocycles. The maximum Gasteiger partial charge on any atom is 0.410 e. The molecule has 2 N–H and O–H groups in total. The Kier molecular flexibility index (Phi) is 5.97. The molecule has 0 spiro atoms. The lowest BCUT2D eigenvalue weighted by atomic mass is 10.2. The molecule has 122 valence electrons. The van der Waals surface area contributed by atoms with Crippen LogP contribution in [0.15, 0.2) is 4.99 Å². The maximum absolute atomic E-state index is 11.9. The molecule has 0 saturated carbocycles. The van der Waals surface area contributed by atoms with E-state index in [4.69, 9.17) is 4.74 Å². The van der Waals surface area contributed by atoms with Gasteiger partial charge in [-0.05, 0) is 20.8 Å². The van der Waals surface area contributed by atoms with E-state index >= 15 is 0 Å². The van der Waals surface area contributed by atoms with Gasteiger partial charge in [-0.2, -0.15) is 0 Å². The molecule has 0 unspecified atom stereocenters. The van der Waals surface area contributed by atoms with Crippen LogP contribution in [-0.2, 0) is 14.8 Å². The molecular formula is C12H24N4O4S. The third-order valence-corrected chi connectivity index (χ3v) is 3.21. The van der Waals surface area contributed by atoms with Crippen LogP contribution in [0.5, 0.6) is 0 Å². The lowest BCUT2D eigenvalue weighted by molar-refractivity contribution is 0.0276. The molecule has 8 nitrogen and oxygen atoms in total. The van der Waals surface area contributed by atoms with E-state index in [9.17, 15) is 13.2 Å². The zero-order valence-electron chi connectivity index (χ0n) is 13.0.